The number of anilines is 1. The lowest BCUT2D eigenvalue weighted by molar-refractivity contribution is -0.112. The van der Waals surface area contributed by atoms with Gasteiger partial charge in [0, 0.05) is 10.4 Å². The molecule has 5 nitrogen and oxygen atoms in total. The highest BCUT2D eigenvalue weighted by Crippen LogP contribution is 2.38. The fraction of sp³-hybridized carbons (Fsp3) is 0.208. The molecule has 1 amide bonds. The average Bonchev–Trinajstić information content (AvgIpc) is 3.13. The molecule has 0 fully saturated rings. The molecule has 0 unspecified atom stereocenters. The number of ether oxygens (including phenoxy) is 1. The normalized spacial score (nSPS) is 13.2. The van der Waals surface area contributed by atoms with E-state index in [9.17, 15) is 15.3 Å². The van der Waals surface area contributed by atoms with Gasteiger partial charge in [-0.3, -0.25) is 4.79 Å². The van der Waals surface area contributed by atoms with Crippen molar-refractivity contribution in [1.82, 2.24) is 0 Å². The Morgan fingerprint density at radius 2 is 1.97 bits per heavy atom. The number of methoxy groups -OCH3 is 1. The summed E-state index contributed by atoms with van der Waals surface area (Å²) in [4.78, 5) is 14.1. The zero-order chi connectivity index (χ0) is 21.1. The van der Waals surface area contributed by atoms with E-state index in [1.165, 1.54) is 11.3 Å². The predicted molar refractivity (Wildman–Crippen MR) is 118 cm³/mol. The second kappa shape index (κ2) is 8.41. The number of aryl methyl sites for hydroxylation is 1. The molecule has 0 saturated carbocycles. The molecule has 4 rings (SSSR count). The maximum Gasteiger partial charge on any atom is 0.266 e. The van der Waals surface area contributed by atoms with Gasteiger partial charge in [0.05, 0.1) is 12.7 Å². The third kappa shape index (κ3) is 3.54. The first-order chi connectivity index (χ1) is 14.7. The van der Waals surface area contributed by atoms with Crippen molar-refractivity contribution in [3.05, 3.63) is 63.5 Å². The molecule has 6 heteroatoms. The fourth-order valence-corrected chi connectivity index (χ4v) is 5.07. The lowest BCUT2D eigenvalue weighted by Crippen LogP contribution is -2.13. The molecule has 0 atom stereocenters. The molecular formula is C24H19N3O2S. The third-order valence-electron chi connectivity index (χ3n) is 5.31. The topological polar surface area (TPSA) is 85.9 Å². The molecule has 3 aromatic rings. The number of fused-ring (bicyclic) bond motifs is 2. The highest BCUT2D eigenvalue weighted by molar-refractivity contribution is 7.16. The molecule has 1 heterocycles. The van der Waals surface area contributed by atoms with Crippen LogP contribution in [0.4, 0.5) is 5.00 Å². The van der Waals surface area contributed by atoms with Crippen LogP contribution >= 0.6 is 11.3 Å². The SMILES string of the molecule is COc1ccc2ccccc2c1/C=C(/C#N)C(=O)Nc1sc2c(c1C#N)CCCC2. The van der Waals surface area contributed by atoms with Crippen LogP contribution in [0.25, 0.3) is 16.8 Å². The summed E-state index contributed by atoms with van der Waals surface area (Å²) in [6, 6.07) is 15.7. The van der Waals surface area contributed by atoms with Crippen molar-refractivity contribution >= 4 is 39.1 Å². The number of amides is 1. The molecule has 1 aromatic heterocycles. The van der Waals surface area contributed by atoms with E-state index in [4.69, 9.17) is 4.74 Å². The van der Waals surface area contributed by atoms with Crippen LogP contribution in [0.1, 0.15) is 34.4 Å². The Labute approximate surface area is 178 Å². The number of thiophene rings is 1. The standard InChI is InChI=1S/C24H19N3O2S/c1-29-21-11-10-15-6-2-3-7-17(15)19(21)12-16(13-25)23(28)27-24-20(14-26)18-8-4-5-9-22(18)30-24/h2-3,6-7,10-12H,4-5,8-9H2,1H3,(H,27,28)/b16-12-. The molecule has 0 bridgehead atoms. The van der Waals surface area contributed by atoms with Crippen LogP contribution in [0.2, 0.25) is 0 Å². The number of nitrogens with one attached hydrogen (secondary N) is 1. The average molecular weight is 414 g/mol. The summed E-state index contributed by atoms with van der Waals surface area (Å²) in [5.74, 6) is 0.0566. The number of hydrogen-bond acceptors (Lipinski definition) is 5. The minimum absolute atomic E-state index is 0.0417. The molecule has 148 valence electrons. The number of benzene rings is 2. The van der Waals surface area contributed by atoms with E-state index in [0.29, 0.717) is 21.9 Å². The number of nitrogens with zero attached hydrogens (tertiary/aromatic N) is 2. The Kier molecular flexibility index (Phi) is 5.52. The summed E-state index contributed by atoms with van der Waals surface area (Å²) in [5.41, 5.74) is 2.21. The van der Waals surface area contributed by atoms with E-state index in [2.05, 4.69) is 11.4 Å². The summed E-state index contributed by atoms with van der Waals surface area (Å²) in [6.45, 7) is 0. The maximum absolute atomic E-state index is 12.9. The summed E-state index contributed by atoms with van der Waals surface area (Å²) >= 11 is 1.44. The minimum atomic E-state index is -0.525. The van der Waals surface area contributed by atoms with E-state index in [1.54, 1.807) is 13.2 Å². The van der Waals surface area contributed by atoms with Gasteiger partial charge in [0.2, 0.25) is 0 Å². The first-order valence-corrected chi connectivity index (χ1v) is 10.5. The van der Waals surface area contributed by atoms with Gasteiger partial charge in [0.15, 0.2) is 0 Å². The molecule has 30 heavy (non-hydrogen) atoms. The largest absolute Gasteiger partial charge is 0.496 e. The monoisotopic (exact) mass is 413 g/mol. The van der Waals surface area contributed by atoms with Crippen molar-refractivity contribution in [2.45, 2.75) is 25.7 Å². The summed E-state index contributed by atoms with van der Waals surface area (Å²) in [5, 5.41) is 24.5. The number of carbonyl (C=O) groups excluding carboxylic acids is 1. The number of rotatable bonds is 4. The van der Waals surface area contributed by atoms with Crippen molar-refractivity contribution in [3.8, 4) is 17.9 Å². The van der Waals surface area contributed by atoms with E-state index in [0.717, 1.165) is 46.9 Å². The first kappa shape index (κ1) is 19.7. The number of carbonyl (C=O) groups is 1. The molecule has 0 radical (unpaired) electrons. The third-order valence-corrected chi connectivity index (χ3v) is 6.52. The van der Waals surface area contributed by atoms with Crippen LogP contribution in [-0.4, -0.2) is 13.0 Å². The fourth-order valence-electron chi connectivity index (χ4n) is 3.84. The van der Waals surface area contributed by atoms with Gasteiger partial charge in [0.25, 0.3) is 5.91 Å². The van der Waals surface area contributed by atoms with Crippen LogP contribution in [0.5, 0.6) is 5.75 Å². The number of hydrogen-bond donors (Lipinski definition) is 1. The van der Waals surface area contributed by atoms with Crippen LogP contribution in [0.15, 0.2) is 42.0 Å². The molecule has 1 aliphatic rings. The quantitative estimate of drug-likeness (QED) is 0.470. The Morgan fingerprint density at radius 1 is 1.17 bits per heavy atom. The Morgan fingerprint density at radius 3 is 2.73 bits per heavy atom. The molecule has 1 aliphatic carbocycles. The van der Waals surface area contributed by atoms with Crippen LogP contribution in [0.3, 0.4) is 0 Å². The highest BCUT2D eigenvalue weighted by atomic mass is 32.1. The van der Waals surface area contributed by atoms with Gasteiger partial charge < -0.3 is 10.1 Å². The predicted octanol–water partition coefficient (Wildman–Crippen LogP) is 5.21. The lowest BCUT2D eigenvalue weighted by atomic mass is 9.96. The smallest absolute Gasteiger partial charge is 0.266 e. The van der Waals surface area contributed by atoms with E-state index in [-0.39, 0.29) is 5.57 Å². The summed E-state index contributed by atoms with van der Waals surface area (Å²) in [7, 11) is 1.56. The van der Waals surface area contributed by atoms with Gasteiger partial charge in [-0.05, 0) is 54.2 Å². The van der Waals surface area contributed by atoms with E-state index < -0.39 is 5.91 Å². The van der Waals surface area contributed by atoms with Crippen molar-refractivity contribution < 1.29 is 9.53 Å². The van der Waals surface area contributed by atoms with Gasteiger partial charge in [0.1, 0.15) is 28.5 Å². The van der Waals surface area contributed by atoms with Crippen molar-refractivity contribution in [2.75, 3.05) is 12.4 Å². The summed E-state index contributed by atoms with van der Waals surface area (Å²) < 4.78 is 5.46. The summed E-state index contributed by atoms with van der Waals surface area (Å²) in [6.07, 6.45) is 5.49. The second-order valence-electron chi connectivity index (χ2n) is 7.05. The van der Waals surface area contributed by atoms with Gasteiger partial charge >= 0.3 is 0 Å². The highest BCUT2D eigenvalue weighted by Gasteiger charge is 2.23. The maximum atomic E-state index is 12.9. The van der Waals surface area contributed by atoms with Gasteiger partial charge in [-0.25, -0.2) is 0 Å². The van der Waals surface area contributed by atoms with Gasteiger partial charge in [-0.1, -0.05) is 30.3 Å². The second-order valence-corrected chi connectivity index (χ2v) is 8.16. The zero-order valence-electron chi connectivity index (χ0n) is 16.5. The Bertz CT molecular complexity index is 1260. The first-order valence-electron chi connectivity index (χ1n) is 9.69. The lowest BCUT2D eigenvalue weighted by Gasteiger charge is -2.10. The molecule has 0 saturated heterocycles. The van der Waals surface area contributed by atoms with Crippen molar-refractivity contribution in [1.29, 1.82) is 10.5 Å². The molecule has 1 N–H and O–H groups in total. The number of nitriles is 2. The van der Waals surface area contributed by atoms with Gasteiger partial charge in [-0.2, -0.15) is 10.5 Å². The molecule has 0 spiro atoms. The van der Waals surface area contributed by atoms with Crippen molar-refractivity contribution in [3.63, 3.8) is 0 Å². The Balaban J connectivity index is 1.73. The van der Waals surface area contributed by atoms with Crippen LogP contribution in [0, 0.1) is 22.7 Å². The van der Waals surface area contributed by atoms with Crippen molar-refractivity contribution in [2.24, 2.45) is 0 Å². The zero-order valence-corrected chi connectivity index (χ0v) is 17.3. The van der Waals surface area contributed by atoms with Gasteiger partial charge in [-0.15, -0.1) is 11.3 Å². The van der Waals surface area contributed by atoms with Crippen LogP contribution in [-0.2, 0) is 17.6 Å². The molecule has 2 aromatic carbocycles. The Hall–Kier alpha value is -3.61. The van der Waals surface area contributed by atoms with E-state index >= 15 is 0 Å². The molecule has 0 aliphatic heterocycles. The molecular weight excluding hydrogens is 394 g/mol. The van der Waals surface area contributed by atoms with E-state index in [1.807, 2.05) is 42.5 Å². The minimum Gasteiger partial charge on any atom is -0.496 e. The van der Waals surface area contributed by atoms with Crippen LogP contribution < -0.4 is 10.1 Å².